The Morgan fingerprint density at radius 2 is 1.09 bits per heavy atom. The first-order chi connectivity index (χ1) is 10.6. The lowest BCUT2D eigenvalue weighted by Crippen LogP contribution is -2.01. The van der Waals surface area contributed by atoms with Crippen LogP contribution < -0.4 is 5.73 Å². The van der Waals surface area contributed by atoms with Gasteiger partial charge in [-0.05, 0) is 47.5 Å². The molecule has 0 radical (unpaired) electrons. The smallest absolute Gasteiger partial charge is 0.193 e. The van der Waals surface area contributed by atoms with Gasteiger partial charge < -0.3 is 5.73 Å². The van der Waals surface area contributed by atoms with Gasteiger partial charge >= 0.3 is 0 Å². The molecular formula is C19H14BrNO. The summed E-state index contributed by atoms with van der Waals surface area (Å²) in [5.74, 6) is 0.00218. The summed E-state index contributed by atoms with van der Waals surface area (Å²) in [7, 11) is 0. The Hall–Kier alpha value is -2.39. The average Bonchev–Trinajstić information content (AvgIpc) is 2.56. The first kappa shape index (κ1) is 14.5. The summed E-state index contributed by atoms with van der Waals surface area (Å²) in [5, 5.41) is 0. The van der Waals surface area contributed by atoms with Gasteiger partial charge in [-0.25, -0.2) is 0 Å². The summed E-state index contributed by atoms with van der Waals surface area (Å²) in [6.07, 6.45) is 0. The predicted octanol–water partition coefficient (Wildman–Crippen LogP) is 4.93. The number of anilines is 1. The van der Waals surface area contributed by atoms with Crippen molar-refractivity contribution in [3.63, 3.8) is 0 Å². The molecule has 0 aliphatic rings. The Kier molecular flexibility index (Phi) is 4.07. The number of hydrogen-bond acceptors (Lipinski definition) is 2. The first-order valence-corrected chi connectivity index (χ1v) is 7.69. The third-order valence-electron chi connectivity index (χ3n) is 3.50. The molecule has 0 bridgehead atoms. The molecule has 0 unspecified atom stereocenters. The summed E-state index contributed by atoms with van der Waals surface area (Å²) in [6.45, 7) is 0. The van der Waals surface area contributed by atoms with Crippen molar-refractivity contribution in [3.8, 4) is 11.1 Å². The minimum atomic E-state index is 0.00218. The van der Waals surface area contributed by atoms with Gasteiger partial charge in [-0.2, -0.15) is 0 Å². The molecule has 0 aromatic heterocycles. The van der Waals surface area contributed by atoms with E-state index in [4.69, 9.17) is 5.73 Å². The number of benzene rings is 3. The summed E-state index contributed by atoms with van der Waals surface area (Å²) in [4.78, 5) is 12.4. The zero-order chi connectivity index (χ0) is 15.5. The van der Waals surface area contributed by atoms with Crippen LogP contribution in [0.25, 0.3) is 11.1 Å². The maximum Gasteiger partial charge on any atom is 0.193 e. The lowest BCUT2D eigenvalue weighted by atomic mass is 9.99. The highest BCUT2D eigenvalue weighted by Gasteiger charge is 2.09. The molecule has 0 fully saturated rings. The summed E-state index contributed by atoms with van der Waals surface area (Å²) >= 11 is 3.43. The van der Waals surface area contributed by atoms with Gasteiger partial charge in [0.15, 0.2) is 5.78 Å². The van der Waals surface area contributed by atoms with E-state index in [9.17, 15) is 4.79 Å². The van der Waals surface area contributed by atoms with E-state index >= 15 is 0 Å². The van der Waals surface area contributed by atoms with Crippen molar-refractivity contribution in [2.75, 3.05) is 5.73 Å². The monoisotopic (exact) mass is 351 g/mol. The molecule has 0 aliphatic carbocycles. The van der Waals surface area contributed by atoms with Gasteiger partial charge in [-0.1, -0.05) is 52.3 Å². The number of halogens is 1. The minimum Gasteiger partial charge on any atom is -0.399 e. The predicted molar refractivity (Wildman–Crippen MR) is 93.9 cm³/mol. The van der Waals surface area contributed by atoms with E-state index in [2.05, 4.69) is 15.9 Å². The van der Waals surface area contributed by atoms with Crippen LogP contribution in [0.4, 0.5) is 5.69 Å². The second-order valence-electron chi connectivity index (χ2n) is 5.04. The molecule has 0 spiro atoms. The Labute approximate surface area is 137 Å². The van der Waals surface area contributed by atoms with Gasteiger partial charge in [-0.15, -0.1) is 0 Å². The summed E-state index contributed by atoms with van der Waals surface area (Å²) in [6, 6.07) is 22.7. The molecule has 3 rings (SSSR count). The Balaban J connectivity index is 1.86. The van der Waals surface area contributed by atoms with Gasteiger partial charge in [0.05, 0.1) is 0 Å². The van der Waals surface area contributed by atoms with Crippen molar-refractivity contribution in [3.05, 3.63) is 88.4 Å². The molecule has 3 aromatic carbocycles. The van der Waals surface area contributed by atoms with E-state index < -0.39 is 0 Å². The fraction of sp³-hybridized carbons (Fsp3) is 0. The number of rotatable bonds is 3. The Morgan fingerprint density at radius 1 is 0.682 bits per heavy atom. The molecule has 0 saturated heterocycles. The van der Waals surface area contributed by atoms with E-state index in [0.717, 1.165) is 15.6 Å². The minimum absolute atomic E-state index is 0.00218. The van der Waals surface area contributed by atoms with Gasteiger partial charge in [0, 0.05) is 21.3 Å². The van der Waals surface area contributed by atoms with Crippen LogP contribution in [-0.2, 0) is 0 Å². The van der Waals surface area contributed by atoms with E-state index in [0.29, 0.717) is 16.8 Å². The van der Waals surface area contributed by atoms with E-state index in [1.807, 2.05) is 48.5 Å². The fourth-order valence-corrected chi connectivity index (χ4v) is 2.52. The van der Waals surface area contributed by atoms with Crippen molar-refractivity contribution >= 4 is 27.4 Å². The first-order valence-electron chi connectivity index (χ1n) is 6.90. The quantitative estimate of drug-likeness (QED) is 0.537. The van der Waals surface area contributed by atoms with Crippen LogP contribution in [-0.4, -0.2) is 5.78 Å². The highest BCUT2D eigenvalue weighted by atomic mass is 79.9. The maximum atomic E-state index is 12.4. The molecule has 0 atom stereocenters. The molecule has 3 heteroatoms. The molecule has 108 valence electrons. The molecule has 0 heterocycles. The third-order valence-corrected chi connectivity index (χ3v) is 4.03. The number of nitrogens with two attached hydrogens (primary N) is 1. The highest BCUT2D eigenvalue weighted by Crippen LogP contribution is 2.23. The zero-order valence-electron chi connectivity index (χ0n) is 11.8. The standard InChI is InChI=1S/C19H14BrNO/c20-17-9-5-14(6-10-17)13-1-3-15(4-2-13)19(22)16-7-11-18(21)12-8-16/h1-12H,21H2. The number of carbonyl (C=O) groups is 1. The molecule has 22 heavy (non-hydrogen) atoms. The van der Waals surface area contributed by atoms with Crippen LogP contribution in [0, 0.1) is 0 Å². The maximum absolute atomic E-state index is 12.4. The van der Waals surface area contributed by atoms with Gasteiger partial charge in [0.1, 0.15) is 0 Å². The van der Waals surface area contributed by atoms with Crippen molar-refractivity contribution in [2.24, 2.45) is 0 Å². The molecule has 3 aromatic rings. The summed E-state index contributed by atoms with van der Waals surface area (Å²) in [5.41, 5.74) is 9.82. The summed E-state index contributed by atoms with van der Waals surface area (Å²) < 4.78 is 1.05. The van der Waals surface area contributed by atoms with Crippen LogP contribution in [0.2, 0.25) is 0 Å². The van der Waals surface area contributed by atoms with Crippen molar-refractivity contribution in [1.29, 1.82) is 0 Å². The molecule has 0 aliphatic heterocycles. The van der Waals surface area contributed by atoms with Gasteiger partial charge in [0.25, 0.3) is 0 Å². The average molecular weight is 352 g/mol. The Morgan fingerprint density at radius 3 is 1.59 bits per heavy atom. The van der Waals surface area contributed by atoms with Crippen LogP contribution in [0.3, 0.4) is 0 Å². The largest absolute Gasteiger partial charge is 0.399 e. The lowest BCUT2D eigenvalue weighted by Gasteiger charge is -2.05. The molecule has 2 N–H and O–H groups in total. The zero-order valence-corrected chi connectivity index (χ0v) is 13.4. The van der Waals surface area contributed by atoms with E-state index in [1.54, 1.807) is 24.3 Å². The van der Waals surface area contributed by atoms with Crippen LogP contribution in [0.5, 0.6) is 0 Å². The van der Waals surface area contributed by atoms with Crippen LogP contribution in [0.15, 0.2) is 77.3 Å². The molecule has 2 nitrogen and oxygen atoms in total. The third kappa shape index (κ3) is 3.10. The van der Waals surface area contributed by atoms with E-state index in [1.165, 1.54) is 0 Å². The molecular weight excluding hydrogens is 338 g/mol. The Bertz CT molecular complexity index is 790. The highest BCUT2D eigenvalue weighted by molar-refractivity contribution is 9.10. The van der Waals surface area contributed by atoms with Crippen LogP contribution in [0.1, 0.15) is 15.9 Å². The van der Waals surface area contributed by atoms with E-state index in [-0.39, 0.29) is 5.78 Å². The number of carbonyl (C=O) groups excluding carboxylic acids is 1. The van der Waals surface area contributed by atoms with Crippen LogP contribution >= 0.6 is 15.9 Å². The topological polar surface area (TPSA) is 43.1 Å². The SMILES string of the molecule is Nc1ccc(C(=O)c2ccc(-c3ccc(Br)cc3)cc2)cc1. The molecule has 0 amide bonds. The van der Waals surface area contributed by atoms with Gasteiger partial charge in [0.2, 0.25) is 0 Å². The number of ketones is 1. The number of hydrogen-bond donors (Lipinski definition) is 1. The van der Waals surface area contributed by atoms with Crippen molar-refractivity contribution < 1.29 is 4.79 Å². The second kappa shape index (κ2) is 6.16. The van der Waals surface area contributed by atoms with Crippen molar-refractivity contribution in [1.82, 2.24) is 0 Å². The lowest BCUT2D eigenvalue weighted by molar-refractivity contribution is 0.103. The van der Waals surface area contributed by atoms with Crippen molar-refractivity contribution in [2.45, 2.75) is 0 Å². The number of nitrogen functional groups attached to an aromatic ring is 1. The molecule has 0 saturated carbocycles. The van der Waals surface area contributed by atoms with Gasteiger partial charge in [-0.3, -0.25) is 4.79 Å². The fourth-order valence-electron chi connectivity index (χ4n) is 2.26. The second-order valence-corrected chi connectivity index (χ2v) is 5.95. The normalized spacial score (nSPS) is 10.4.